The van der Waals surface area contributed by atoms with Crippen LogP contribution >= 0.6 is 0 Å². The van der Waals surface area contributed by atoms with Gasteiger partial charge in [-0.15, -0.1) is 0 Å². The summed E-state index contributed by atoms with van der Waals surface area (Å²) in [5.74, 6) is 0.840. The number of aromatic nitrogens is 3. The summed E-state index contributed by atoms with van der Waals surface area (Å²) in [4.78, 5) is 15.8. The van der Waals surface area contributed by atoms with Crippen LogP contribution in [0, 0.1) is 5.41 Å². The highest BCUT2D eigenvalue weighted by Crippen LogP contribution is 2.25. The Hall–Kier alpha value is -1.43. The average Bonchev–Trinajstić information content (AvgIpc) is 2.73. The zero-order chi connectivity index (χ0) is 14.3. The Bertz CT molecular complexity index is 399. The second-order valence-corrected chi connectivity index (χ2v) is 5.64. The van der Waals surface area contributed by atoms with E-state index in [2.05, 4.69) is 29.2 Å². The molecule has 0 aliphatic carbocycles. The maximum Gasteiger partial charge on any atom is 0.220 e. The molecule has 0 radical (unpaired) electrons. The van der Waals surface area contributed by atoms with E-state index >= 15 is 0 Å². The minimum absolute atomic E-state index is 0.0843. The second kappa shape index (κ2) is 7.23. The van der Waals surface area contributed by atoms with Gasteiger partial charge in [0.15, 0.2) is 5.82 Å². The average molecular weight is 267 g/mol. The fraction of sp³-hybridized carbons (Fsp3) is 0.769. The normalized spacial score (nSPS) is 11.6. The maximum atomic E-state index is 11.7. The van der Waals surface area contributed by atoms with Crippen LogP contribution in [0.15, 0.2) is 6.33 Å². The minimum Gasteiger partial charge on any atom is -0.356 e. The molecule has 0 saturated carbocycles. The Morgan fingerprint density at radius 1 is 1.47 bits per heavy atom. The molecule has 19 heavy (non-hydrogen) atoms. The monoisotopic (exact) mass is 267 g/mol. The van der Waals surface area contributed by atoms with Crippen molar-refractivity contribution in [2.45, 2.75) is 39.5 Å². The van der Waals surface area contributed by atoms with E-state index in [0.29, 0.717) is 25.9 Å². The van der Waals surface area contributed by atoms with Crippen molar-refractivity contribution in [3.63, 3.8) is 0 Å². The first-order valence-electron chi connectivity index (χ1n) is 6.74. The largest absolute Gasteiger partial charge is 0.356 e. The molecular formula is C13H25N5O. The van der Waals surface area contributed by atoms with Gasteiger partial charge >= 0.3 is 0 Å². The van der Waals surface area contributed by atoms with Gasteiger partial charge in [0.05, 0.1) is 0 Å². The van der Waals surface area contributed by atoms with Gasteiger partial charge in [-0.25, -0.2) is 4.98 Å². The Labute approximate surface area is 114 Å². The Morgan fingerprint density at radius 2 is 2.21 bits per heavy atom. The van der Waals surface area contributed by atoms with Gasteiger partial charge in [-0.1, -0.05) is 13.8 Å². The van der Waals surface area contributed by atoms with Crippen LogP contribution < -0.4 is 11.1 Å². The summed E-state index contributed by atoms with van der Waals surface area (Å²) in [5.41, 5.74) is 5.68. The van der Waals surface area contributed by atoms with Gasteiger partial charge in [0.2, 0.25) is 5.91 Å². The summed E-state index contributed by atoms with van der Waals surface area (Å²) < 4.78 is 1.66. The summed E-state index contributed by atoms with van der Waals surface area (Å²) in [6.07, 6.45) is 4.67. The number of nitrogens with zero attached hydrogens (tertiary/aromatic N) is 3. The van der Waals surface area contributed by atoms with Crippen molar-refractivity contribution in [1.29, 1.82) is 0 Å². The molecule has 0 atom stereocenters. The van der Waals surface area contributed by atoms with Gasteiger partial charge in [0.25, 0.3) is 0 Å². The predicted molar refractivity (Wildman–Crippen MR) is 74.4 cm³/mol. The molecule has 6 nitrogen and oxygen atoms in total. The lowest BCUT2D eigenvalue weighted by atomic mass is 9.84. The highest BCUT2D eigenvalue weighted by molar-refractivity contribution is 5.75. The molecule has 1 heterocycles. The number of nitrogens with one attached hydrogen (secondary N) is 1. The van der Waals surface area contributed by atoms with Crippen LogP contribution in [0.2, 0.25) is 0 Å². The standard InChI is InChI=1S/C13H25N5O/c1-13(2,7-8-14)6-4-12(19)15-9-5-11-16-10-18(3)17-11/h10H,4-9,14H2,1-3H3,(H,15,19). The van der Waals surface area contributed by atoms with Crippen LogP contribution in [-0.4, -0.2) is 33.8 Å². The molecule has 0 aromatic carbocycles. The lowest BCUT2D eigenvalue weighted by Crippen LogP contribution is -2.28. The van der Waals surface area contributed by atoms with E-state index in [0.717, 1.165) is 18.7 Å². The van der Waals surface area contributed by atoms with Crippen molar-refractivity contribution in [2.24, 2.45) is 18.2 Å². The van der Waals surface area contributed by atoms with Crippen molar-refractivity contribution in [2.75, 3.05) is 13.1 Å². The zero-order valence-corrected chi connectivity index (χ0v) is 12.1. The van der Waals surface area contributed by atoms with Crippen LogP contribution in [-0.2, 0) is 18.3 Å². The van der Waals surface area contributed by atoms with Crippen LogP contribution in [0.4, 0.5) is 0 Å². The molecule has 0 aliphatic rings. The molecule has 108 valence electrons. The molecule has 1 amide bonds. The van der Waals surface area contributed by atoms with Crippen molar-refractivity contribution < 1.29 is 4.79 Å². The number of carbonyl (C=O) groups excluding carboxylic acids is 1. The number of nitrogens with two attached hydrogens (primary N) is 1. The van der Waals surface area contributed by atoms with Crippen LogP contribution in [0.3, 0.4) is 0 Å². The smallest absolute Gasteiger partial charge is 0.220 e. The SMILES string of the molecule is Cn1cnc(CCNC(=O)CCC(C)(C)CCN)n1. The molecule has 0 unspecified atom stereocenters. The predicted octanol–water partition coefficient (Wildman–Crippen LogP) is 0.629. The Balaban J connectivity index is 2.18. The first-order chi connectivity index (χ1) is 8.93. The molecule has 1 aromatic rings. The maximum absolute atomic E-state index is 11.7. The highest BCUT2D eigenvalue weighted by Gasteiger charge is 2.18. The van der Waals surface area contributed by atoms with Crippen molar-refractivity contribution in [3.05, 3.63) is 12.2 Å². The molecular weight excluding hydrogens is 242 g/mol. The van der Waals surface area contributed by atoms with Gasteiger partial charge in [0.1, 0.15) is 6.33 Å². The Morgan fingerprint density at radius 3 is 2.79 bits per heavy atom. The van der Waals surface area contributed by atoms with Crippen LogP contribution in [0.25, 0.3) is 0 Å². The van der Waals surface area contributed by atoms with Gasteiger partial charge in [-0.2, -0.15) is 5.10 Å². The minimum atomic E-state index is 0.0843. The number of hydrogen-bond acceptors (Lipinski definition) is 4. The third-order valence-electron chi connectivity index (χ3n) is 3.17. The second-order valence-electron chi connectivity index (χ2n) is 5.64. The molecule has 0 saturated heterocycles. The fourth-order valence-corrected chi connectivity index (χ4v) is 1.87. The summed E-state index contributed by atoms with van der Waals surface area (Å²) in [6, 6.07) is 0. The number of rotatable bonds is 8. The molecule has 3 N–H and O–H groups in total. The summed E-state index contributed by atoms with van der Waals surface area (Å²) >= 11 is 0. The molecule has 0 fully saturated rings. The van der Waals surface area contributed by atoms with E-state index in [4.69, 9.17) is 5.73 Å². The van der Waals surface area contributed by atoms with E-state index in [1.54, 1.807) is 11.0 Å². The number of aryl methyl sites for hydroxylation is 1. The van der Waals surface area contributed by atoms with Crippen LogP contribution in [0.1, 0.15) is 38.9 Å². The quantitative estimate of drug-likeness (QED) is 0.723. The molecule has 0 aliphatic heterocycles. The first kappa shape index (κ1) is 15.6. The molecule has 6 heteroatoms. The van der Waals surface area contributed by atoms with E-state index in [9.17, 15) is 4.79 Å². The van der Waals surface area contributed by atoms with E-state index in [-0.39, 0.29) is 11.3 Å². The van der Waals surface area contributed by atoms with E-state index in [1.165, 1.54) is 0 Å². The number of carbonyl (C=O) groups is 1. The molecule has 1 aromatic heterocycles. The summed E-state index contributed by atoms with van der Waals surface area (Å²) in [6.45, 7) is 5.54. The lowest BCUT2D eigenvalue weighted by molar-refractivity contribution is -0.121. The van der Waals surface area contributed by atoms with Gasteiger partial charge in [-0.05, 0) is 24.8 Å². The Kier molecular flexibility index (Phi) is 5.95. The van der Waals surface area contributed by atoms with Gasteiger partial charge in [-0.3, -0.25) is 9.48 Å². The van der Waals surface area contributed by atoms with E-state index < -0.39 is 0 Å². The topological polar surface area (TPSA) is 85.8 Å². The van der Waals surface area contributed by atoms with Crippen molar-refractivity contribution >= 4 is 5.91 Å². The third kappa shape index (κ3) is 6.33. The number of amides is 1. The molecule has 1 rings (SSSR count). The third-order valence-corrected chi connectivity index (χ3v) is 3.17. The summed E-state index contributed by atoms with van der Waals surface area (Å²) in [5, 5.41) is 7.05. The molecule has 0 bridgehead atoms. The summed E-state index contributed by atoms with van der Waals surface area (Å²) in [7, 11) is 1.83. The zero-order valence-electron chi connectivity index (χ0n) is 12.1. The fourth-order valence-electron chi connectivity index (χ4n) is 1.87. The van der Waals surface area contributed by atoms with E-state index in [1.807, 2.05) is 7.05 Å². The lowest BCUT2D eigenvalue weighted by Gasteiger charge is -2.23. The number of hydrogen-bond donors (Lipinski definition) is 2. The van der Waals surface area contributed by atoms with Crippen molar-refractivity contribution in [3.8, 4) is 0 Å². The van der Waals surface area contributed by atoms with Gasteiger partial charge < -0.3 is 11.1 Å². The van der Waals surface area contributed by atoms with Crippen molar-refractivity contribution in [1.82, 2.24) is 20.1 Å². The first-order valence-corrected chi connectivity index (χ1v) is 6.74. The highest BCUT2D eigenvalue weighted by atomic mass is 16.1. The van der Waals surface area contributed by atoms with Crippen LogP contribution in [0.5, 0.6) is 0 Å². The van der Waals surface area contributed by atoms with Gasteiger partial charge in [0, 0.05) is 26.4 Å². The molecule has 0 spiro atoms.